The van der Waals surface area contributed by atoms with E-state index in [0.29, 0.717) is 12.0 Å². The SMILES string of the molecule is OCC(O)(CO)NCC(O)CSOOO. The number of nitrogens with one attached hydrogen (secondary N) is 1. The van der Waals surface area contributed by atoms with Crippen LogP contribution in [0.3, 0.4) is 0 Å². The summed E-state index contributed by atoms with van der Waals surface area (Å²) in [5.74, 6) is 0.0699. The molecule has 0 spiro atoms. The van der Waals surface area contributed by atoms with Crippen LogP contribution in [0.2, 0.25) is 0 Å². The van der Waals surface area contributed by atoms with Crippen molar-refractivity contribution in [1.29, 1.82) is 0 Å². The molecule has 0 aliphatic heterocycles. The van der Waals surface area contributed by atoms with Gasteiger partial charge >= 0.3 is 0 Å². The zero-order chi connectivity index (χ0) is 11.7. The van der Waals surface area contributed by atoms with Gasteiger partial charge in [-0.2, -0.15) is 0 Å². The van der Waals surface area contributed by atoms with E-state index in [1.54, 1.807) is 0 Å². The maximum atomic E-state index is 9.32. The molecule has 15 heavy (non-hydrogen) atoms. The highest BCUT2D eigenvalue weighted by Gasteiger charge is 2.24. The molecule has 1 atom stereocenters. The molecule has 0 aliphatic rings. The molecule has 0 aromatic heterocycles. The van der Waals surface area contributed by atoms with E-state index in [2.05, 4.69) is 14.7 Å². The van der Waals surface area contributed by atoms with Crippen LogP contribution in [0, 0.1) is 0 Å². The Morgan fingerprint density at radius 1 is 1.33 bits per heavy atom. The standard InChI is InChI=1S/C6H15NO7S/c8-3-6(11,4-9)7-1-5(10)2-15-14-13-12/h5,7-12H,1-4H2. The Morgan fingerprint density at radius 2 is 1.93 bits per heavy atom. The monoisotopic (exact) mass is 245 g/mol. The Bertz CT molecular complexity index is 156. The van der Waals surface area contributed by atoms with E-state index < -0.39 is 25.0 Å². The van der Waals surface area contributed by atoms with Gasteiger partial charge in [0.1, 0.15) is 0 Å². The van der Waals surface area contributed by atoms with Gasteiger partial charge in [0.15, 0.2) is 5.72 Å². The van der Waals surface area contributed by atoms with Crippen LogP contribution in [0.5, 0.6) is 0 Å². The van der Waals surface area contributed by atoms with Crippen LogP contribution >= 0.6 is 12.0 Å². The van der Waals surface area contributed by atoms with Crippen LogP contribution in [0.1, 0.15) is 0 Å². The van der Waals surface area contributed by atoms with E-state index in [0.717, 1.165) is 0 Å². The Kier molecular flexibility index (Phi) is 8.23. The normalized spacial score (nSPS) is 14.2. The molecule has 0 amide bonds. The highest BCUT2D eigenvalue weighted by Crippen LogP contribution is 2.05. The number of hydrogen-bond acceptors (Lipinski definition) is 9. The van der Waals surface area contributed by atoms with Gasteiger partial charge in [-0.25, -0.2) is 5.26 Å². The van der Waals surface area contributed by atoms with Gasteiger partial charge in [0.25, 0.3) is 0 Å². The zero-order valence-corrected chi connectivity index (χ0v) is 8.68. The molecule has 0 radical (unpaired) electrons. The fraction of sp³-hybridized carbons (Fsp3) is 1.00. The maximum Gasteiger partial charge on any atom is 0.162 e. The molecule has 0 aromatic rings. The van der Waals surface area contributed by atoms with Crippen LogP contribution in [-0.2, 0) is 9.37 Å². The first-order valence-corrected chi connectivity index (χ1v) is 4.96. The lowest BCUT2D eigenvalue weighted by atomic mass is 10.2. The van der Waals surface area contributed by atoms with Gasteiger partial charge in [-0.15, -0.1) is 4.33 Å². The van der Waals surface area contributed by atoms with Gasteiger partial charge in [0.05, 0.1) is 25.1 Å². The zero-order valence-electron chi connectivity index (χ0n) is 7.87. The molecule has 1 unspecified atom stereocenters. The number of aliphatic hydroxyl groups excluding tert-OH is 3. The molecule has 0 bridgehead atoms. The van der Waals surface area contributed by atoms with Crippen molar-refractivity contribution in [3.05, 3.63) is 0 Å². The van der Waals surface area contributed by atoms with Crippen molar-refractivity contribution in [2.75, 3.05) is 25.5 Å². The molecule has 0 heterocycles. The second-order valence-electron chi connectivity index (χ2n) is 2.81. The molecule has 0 fully saturated rings. The minimum Gasteiger partial charge on any atom is -0.392 e. The van der Waals surface area contributed by atoms with Crippen molar-refractivity contribution in [2.24, 2.45) is 0 Å². The Morgan fingerprint density at radius 3 is 2.40 bits per heavy atom. The van der Waals surface area contributed by atoms with Crippen molar-refractivity contribution in [2.45, 2.75) is 11.8 Å². The lowest BCUT2D eigenvalue weighted by molar-refractivity contribution is -0.432. The summed E-state index contributed by atoms with van der Waals surface area (Å²) in [7, 11) is 0. The topological polar surface area (TPSA) is 132 Å². The molecule has 0 saturated heterocycles. The highest BCUT2D eigenvalue weighted by atomic mass is 32.2. The van der Waals surface area contributed by atoms with Crippen LogP contribution in [-0.4, -0.2) is 63.0 Å². The van der Waals surface area contributed by atoms with Crippen LogP contribution in [0.25, 0.3) is 0 Å². The molecular weight excluding hydrogens is 230 g/mol. The number of aliphatic hydroxyl groups is 4. The van der Waals surface area contributed by atoms with Crippen molar-refractivity contribution in [3.8, 4) is 0 Å². The molecule has 8 nitrogen and oxygen atoms in total. The highest BCUT2D eigenvalue weighted by molar-refractivity contribution is 7.94. The third-order valence-electron chi connectivity index (χ3n) is 1.53. The third kappa shape index (κ3) is 7.00. The fourth-order valence-corrected chi connectivity index (χ4v) is 1.03. The summed E-state index contributed by atoms with van der Waals surface area (Å²) >= 11 is 0.658. The molecular formula is C6H15NO7S. The summed E-state index contributed by atoms with van der Waals surface area (Å²) in [5.41, 5.74) is -1.82. The second kappa shape index (κ2) is 8.21. The first-order chi connectivity index (χ1) is 7.08. The molecule has 92 valence electrons. The lowest BCUT2D eigenvalue weighted by Gasteiger charge is -2.25. The van der Waals surface area contributed by atoms with Crippen molar-refractivity contribution < 1.29 is 35.1 Å². The molecule has 0 aromatic carbocycles. The quantitative estimate of drug-likeness (QED) is 0.0870. The minimum absolute atomic E-state index is 0.0699. The van der Waals surface area contributed by atoms with Crippen molar-refractivity contribution in [3.63, 3.8) is 0 Å². The van der Waals surface area contributed by atoms with Gasteiger partial charge in [-0.3, -0.25) is 5.32 Å². The molecule has 9 heteroatoms. The molecule has 0 rings (SSSR count). The van der Waals surface area contributed by atoms with Crippen molar-refractivity contribution >= 4 is 12.0 Å². The van der Waals surface area contributed by atoms with Gasteiger partial charge in [-0.05, 0) is 0 Å². The van der Waals surface area contributed by atoms with Gasteiger partial charge in [0.2, 0.25) is 0 Å². The first-order valence-electron chi connectivity index (χ1n) is 4.05. The molecule has 0 aliphatic carbocycles. The van der Waals surface area contributed by atoms with E-state index in [1.807, 2.05) is 0 Å². The summed E-state index contributed by atoms with van der Waals surface area (Å²) < 4.78 is 4.01. The van der Waals surface area contributed by atoms with E-state index in [9.17, 15) is 10.2 Å². The predicted molar refractivity (Wildman–Crippen MR) is 50.4 cm³/mol. The summed E-state index contributed by atoms with van der Waals surface area (Å²) in [4.78, 5) is 0. The maximum absolute atomic E-state index is 9.32. The summed E-state index contributed by atoms with van der Waals surface area (Å²) in [6.45, 7) is -1.43. The summed E-state index contributed by atoms with van der Waals surface area (Å²) in [6, 6.07) is 0. The van der Waals surface area contributed by atoms with E-state index in [1.165, 1.54) is 0 Å². The largest absolute Gasteiger partial charge is 0.392 e. The fourth-order valence-electron chi connectivity index (χ4n) is 0.656. The Balaban J connectivity index is 3.64. The summed E-state index contributed by atoms with van der Waals surface area (Å²) in [6.07, 6.45) is -0.908. The Hall–Kier alpha value is 0.0300. The van der Waals surface area contributed by atoms with E-state index in [-0.39, 0.29) is 12.3 Å². The van der Waals surface area contributed by atoms with Crippen LogP contribution in [0.15, 0.2) is 0 Å². The van der Waals surface area contributed by atoms with E-state index in [4.69, 9.17) is 15.5 Å². The van der Waals surface area contributed by atoms with Crippen molar-refractivity contribution in [1.82, 2.24) is 5.32 Å². The summed E-state index contributed by atoms with van der Waals surface area (Å²) in [5, 5.41) is 49.3. The van der Waals surface area contributed by atoms with Crippen LogP contribution in [0.4, 0.5) is 0 Å². The number of rotatable bonds is 9. The predicted octanol–water partition coefficient (Wildman–Crippen LogP) is -2.32. The minimum atomic E-state index is -1.82. The molecule has 0 saturated carbocycles. The van der Waals surface area contributed by atoms with Gasteiger partial charge in [0, 0.05) is 18.6 Å². The third-order valence-corrected chi connectivity index (χ3v) is 2.21. The Labute approximate surface area is 90.5 Å². The average Bonchev–Trinajstić information content (AvgIpc) is 2.26. The lowest BCUT2D eigenvalue weighted by Crippen LogP contribution is -2.54. The van der Waals surface area contributed by atoms with Gasteiger partial charge in [-0.1, -0.05) is 5.04 Å². The number of hydrogen-bond donors (Lipinski definition) is 6. The smallest absolute Gasteiger partial charge is 0.162 e. The second-order valence-corrected chi connectivity index (χ2v) is 3.51. The first kappa shape index (κ1) is 15.0. The molecule has 6 N–H and O–H groups in total. The van der Waals surface area contributed by atoms with E-state index >= 15 is 0 Å². The average molecular weight is 245 g/mol. The van der Waals surface area contributed by atoms with Gasteiger partial charge < -0.3 is 20.4 Å². The van der Waals surface area contributed by atoms with Crippen LogP contribution < -0.4 is 5.32 Å².